The van der Waals surface area contributed by atoms with Crippen molar-refractivity contribution >= 4 is 0 Å². The van der Waals surface area contributed by atoms with Gasteiger partial charge in [0.2, 0.25) is 0 Å². The SMILES string of the molecule is Cc1nn(C(C)C)cc1CNCc1cnn(C)c1C. The highest BCUT2D eigenvalue weighted by Crippen LogP contribution is 2.11. The first-order valence-corrected chi connectivity index (χ1v) is 6.72. The summed E-state index contributed by atoms with van der Waals surface area (Å²) in [5.74, 6) is 0. The molecule has 1 N–H and O–H groups in total. The molecule has 0 aromatic carbocycles. The van der Waals surface area contributed by atoms with Crippen molar-refractivity contribution in [1.29, 1.82) is 0 Å². The Bertz CT molecular complexity index is 550. The zero-order valence-corrected chi connectivity index (χ0v) is 12.4. The number of hydrogen-bond donors (Lipinski definition) is 1. The van der Waals surface area contributed by atoms with Crippen LogP contribution in [-0.4, -0.2) is 19.6 Å². The Morgan fingerprint density at radius 3 is 2.42 bits per heavy atom. The van der Waals surface area contributed by atoms with Gasteiger partial charge in [-0.05, 0) is 27.7 Å². The second-order valence-electron chi connectivity index (χ2n) is 5.30. The molecule has 2 heterocycles. The number of nitrogens with zero attached hydrogens (tertiary/aromatic N) is 4. The van der Waals surface area contributed by atoms with E-state index in [9.17, 15) is 0 Å². The van der Waals surface area contributed by atoms with E-state index in [1.165, 1.54) is 16.8 Å². The van der Waals surface area contributed by atoms with Gasteiger partial charge in [0.05, 0.1) is 11.9 Å². The molecule has 0 spiro atoms. The van der Waals surface area contributed by atoms with Crippen LogP contribution in [0.4, 0.5) is 0 Å². The lowest BCUT2D eigenvalue weighted by molar-refractivity contribution is 0.528. The van der Waals surface area contributed by atoms with Crippen LogP contribution in [0.25, 0.3) is 0 Å². The number of aryl methyl sites for hydroxylation is 2. The molecular weight excluding hydrogens is 238 g/mol. The maximum absolute atomic E-state index is 4.52. The van der Waals surface area contributed by atoms with E-state index in [2.05, 4.69) is 49.4 Å². The molecule has 0 saturated heterocycles. The monoisotopic (exact) mass is 261 g/mol. The zero-order valence-electron chi connectivity index (χ0n) is 12.4. The molecule has 0 bridgehead atoms. The molecule has 0 aliphatic rings. The third-order valence-electron chi connectivity index (χ3n) is 3.52. The van der Waals surface area contributed by atoms with E-state index >= 15 is 0 Å². The van der Waals surface area contributed by atoms with Crippen LogP contribution in [0, 0.1) is 13.8 Å². The second-order valence-corrected chi connectivity index (χ2v) is 5.30. The molecule has 2 aromatic heterocycles. The molecular formula is C14H23N5. The lowest BCUT2D eigenvalue weighted by atomic mass is 10.2. The van der Waals surface area contributed by atoms with Crippen LogP contribution >= 0.6 is 0 Å². The lowest BCUT2D eigenvalue weighted by Gasteiger charge is -2.04. The molecule has 19 heavy (non-hydrogen) atoms. The molecule has 0 aliphatic heterocycles. The van der Waals surface area contributed by atoms with E-state index in [1.807, 2.05) is 22.6 Å². The fourth-order valence-electron chi connectivity index (χ4n) is 2.01. The Hall–Kier alpha value is -1.62. The molecule has 2 rings (SSSR count). The highest BCUT2D eigenvalue weighted by Gasteiger charge is 2.08. The van der Waals surface area contributed by atoms with Crippen LogP contribution in [0.15, 0.2) is 12.4 Å². The van der Waals surface area contributed by atoms with Crippen molar-refractivity contribution in [1.82, 2.24) is 24.9 Å². The average molecular weight is 261 g/mol. The molecule has 104 valence electrons. The largest absolute Gasteiger partial charge is 0.308 e. The minimum atomic E-state index is 0.410. The van der Waals surface area contributed by atoms with Crippen LogP contribution in [0.5, 0.6) is 0 Å². The smallest absolute Gasteiger partial charge is 0.0638 e. The van der Waals surface area contributed by atoms with Crippen molar-refractivity contribution in [2.75, 3.05) is 0 Å². The van der Waals surface area contributed by atoms with Gasteiger partial charge in [-0.15, -0.1) is 0 Å². The summed E-state index contributed by atoms with van der Waals surface area (Å²) >= 11 is 0. The highest BCUT2D eigenvalue weighted by molar-refractivity contribution is 5.18. The summed E-state index contributed by atoms with van der Waals surface area (Å²) < 4.78 is 3.92. The molecule has 0 atom stereocenters. The van der Waals surface area contributed by atoms with Crippen molar-refractivity contribution in [3.05, 3.63) is 34.9 Å². The van der Waals surface area contributed by atoms with Crippen LogP contribution in [0.2, 0.25) is 0 Å². The van der Waals surface area contributed by atoms with E-state index in [0.717, 1.165) is 18.8 Å². The first-order chi connectivity index (χ1) is 8.99. The van der Waals surface area contributed by atoms with Gasteiger partial charge in [-0.25, -0.2) is 0 Å². The molecule has 0 unspecified atom stereocenters. The fourth-order valence-corrected chi connectivity index (χ4v) is 2.01. The van der Waals surface area contributed by atoms with Gasteiger partial charge in [0.15, 0.2) is 0 Å². The zero-order chi connectivity index (χ0) is 14.0. The molecule has 0 radical (unpaired) electrons. The molecule has 0 amide bonds. The molecule has 0 aliphatic carbocycles. The topological polar surface area (TPSA) is 47.7 Å². The first kappa shape index (κ1) is 13.8. The normalized spacial score (nSPS) is 11.5. The molecule has 2 aromatic rings. The van der Waals surface area contributed by atoms with Crippen LogP contribution < -0.4 is 5.32 Å². The number of hydrogen-bond acceptors (Lipinski definition) is 3. The summed E-state index contributed by atoms with van der Waals surface area (Å²) in [7, 11) is 1.97. The number of rotatable bonds is 5. The first-order valence-electron chi connectivity index (χ1n) is 6.72. The van der Waals surface area contributed by atoms with Gasteiger partial charge < -0.3 is 5.32 Å². The van der Waals surface area contributed by atoms with Crippen molar-refractivity contribution < 1.29 is 0 Å². The average Bonchev–Trinajstić information content (AvgIpc) is 2.87. The van der Waals surface area contributed by atoms with Crippen LogP contribution in [0.3, 0.4) is 0 Å². The lowest BCUT2D eigenvalue weighted by Crippen LogP contribution is -2.13. The predicted molar refractivity (Wildman–Crippen MR) is 75.8 cm³/mol. The van der Waals surface area contributed by atoms with Gasteiger partial charge in [0.1, 0.15) is 0 Å². The molecule has 5 nitrogen and oxygen atoms in total. The Labute approximate surface area is 114 Å². The fraction of sp³-hybridized carbons (Fsp3) is 0.571. The molecule has 5 heteroatoms. The van der Waals surface area contributed by atoms with Crippen LogP contribution in [0.1, 0.15) is 42.4 Å². The predicted octanol–water partition coefficient (Wildman–Crippen LogP) is 2.10. The van der Waals surface area contributed by atoms with E-state index in [4.69, 9.17) is 0 Å². The maximum Gasteiger partial charge on any atom is 0.0638 e. The van der Waals surface area contributed by atoms with Crippen molar-refractivity contribution in [3.8, 4) is 0 Å². The molecule has 0 fully saturated rings. The summed E-state index contributed by atoms with van der Waals surface area (Å²) in [5.41, 5.74) is 4.82. The standard InChI is InChI=1S/C14H23N5/c1-10(2)19-9-14(11(3)17-19)7-15-6-13-8-16-18(5)12(13)4/h8-10,15H,6-7H2,1-5H3. The third-order valence-corrected chi connectivity index (χ3v) is 3.52. The third kappa shape index (κ3) is 3.04. The Kier molecular flexibility index (Phi) is 4.04. The van der Waals surface area contributed by atoms with E-state index in [1.54, 1.807) is 0 Å². The Morgan fingerprint density at radius 2 is 1.89 bits per heavy atom. The van der Waals surface area contributed by atoms with Crippen LogP contribution in [-0.2, 0) is 20.1 Å². The van der Waals surface area contributed by atoms with E-state index in [-0.39, 0.29) is 0 Å². The Balaban J connectivity index is 1.94. The summed E-state index contributed by atoms with van der Waals surface area (Å²) in [5, 5.41) is 12.2. The van der Waals surface area contributed by atoms with Gasteiger partial charge >= 0.3 is 0 Å². The van der Waals surface area contributed by atoms with Crippen molar-refractivity contribution in [3.63, 3.8) is 0 Å². The van der Waals surface area contributed by atoms with Gasteiger partial charge in [-0.3, -0.25) is 9.36 Å². The van der Waals surface area contributed by atoms with Gasteiger partial charge in [-0.2, -0.15) is 10.2 Å². The summed E-state index contributed by atoms with van der Waals surface area (Å²) in [6.45, 7) is 10.1. The summed E-state index contributed by atoms with van der Waals surface area (Å²) in [6.07, 6.45) is 4.05. The Morgan fingerprint density at radius 1 is 1.21 bits per heavy atom. The van der Waals surface area contributed by atoms with E-state index < -0.39 is 0 Å². The van der Waals surface area contributed by atoms with Gasteiger partial charge in [-0.1, -0.05) is 0 Å². The van der Waals surface area contributed by atoms with Gasteiger partial charge in [0, 0.05) is 49.2 Å². The van der Waals surface area contributed by atoms with Gasteiger partial charge in [0.25, 0.3) is 0 Å². The second kappa shape index (κ2) is 5.57. The minimum absolute atomic E-state index is 0.410. The molecule has 0 saturated carbocycles. The van der Waals surface area contributed by atoms with E-state index in [0.29, 0.717) is 6.04 Å². The van der Waals surface area contributed by atoms with Crippen molar-refractivity contribution in [2.24, 2.45) is 7.05 Å². The highest BCUT2D eigenvalue weighted by atomic mass is 15.3. The summed E-state index contributed by atoms with van der Waals surface area (Å²) in [6, 6.07) is 0.410. The quantitative estimate of drug-likeness (QED) is 0.896. The number of aromatic nitrogens is 4. The maximum atomic E-state index is 4.52. The van der Waals surface area contributed by atoms with Crippen molar-refractivity contribution in [2.45, 2.75) is 46.8 Å². The minimum Gasteiger partial charge on any atom is -0.308 e. The number of nitrogens with one attached hydrogen (secondary N) is 1. The summed E-state index contributed by atoms with van der Waals surface area (Å²) in [4.78, 5) is 0.